The predicted molar refractivity (Wildman–Crippen MR) is 79.8 cm³/mol. The molecule has 5 heteroatoms. The Balaban J connectivity index is 1.84. The smallest absolute Gasteiger partial charge is 0.313 e. The highest BCUT2D eigenvalue weighted by Gasteiger charge is 2.17. The number of benzene rings is 1. The molecule has 21 heavy (non-hydrogen) atoms. The molecule has 1 aromatic heterocycles. The summed E-state index contributed by atoms with van der Waals surface area (Å²) in [6.07, 6.45) is 2.12. The van der Waals surface area contributed by atoms with Gasteiger partial charge in [0.15, 0.2) is 0 Å². The summed E-state index contributed by atoms with van der Waals surface area (Å²) >= 11 is 0. The number of nitrogens with one attached hydrogen (secondary N) is 2. The molecule has 0 fully saturated rings. The number of anilines is 1. The number of carbonyl (C=O) groups is 2. The van der Waals surface area contributed by atoms with Gasteiger partial charge in [0, 0.05) is 18.2 Å². The van der Waals surface area contributed by atoms with Crippen LogP contribution in [0.4, 0.5) is 5.69 Å². The summed E-state index contributed by atoms with van der Waals surface area (Å²) in [5, 5.41) is 5.20. The fraction of sp³-hybridized carbons (Fsp3) is 0.250. The Hall–Kier alpha value is -2.56. The molecule has 1 aromatic carbocycles. The van der Waals surface area contributed by atoms with Crippen molar-refractivity contribution in [1.82, 2.24) is 5.32 Å². The van der Waals surface area contributed by atoms with Gasteiger partial charge in [-0.15, -0.1) is 0 Å². The van der Waals surface area contributed by atoms with Crippen molar-refractivity contribution >= 4 is 17.5 Å². The number of aryl methyl sites for hydroxylation is 1. The highest BCUT2D eigenvalue weighted by molar-refractivity contribution is 6.39. The van der Waals surface area contributed by atoms with Gasteiger partial charge in [0.25, 0.3) is 0 Å². The number of carbonyl (C=O) groups excluding carboxylic acids is 2. The number of amides is 2. The average Bonchev–Trinajstić information content (AvgIpc) is 2.94. The quantitative estimate of drug-likeness (QED) is 0.847. The second kappa shape index (κ2) is 6.74. The zero-order valence-corrected chi connectivity index (χ0v) is 12.1. The van der Waals surface area contributed by atoms with Crippen molar-refractivity contribution in [2.24, 2.45) is 0 Å². The number of furan rings is 1. The summed E-state index contributed by atoms with van der Waals surface area (Å²) < 4.78 is 5.20. The first kappa shape index (κ1) is 14.8. The van der Waals surface area contributed by atoms with E-state index >= 15 is 0 Å². The molecule has 0 saturated carbocycles. The summed E-state index contributed by atoms with van der Waals surface area (Å²) in [5.74, 6) is -0.568. The van der Waals surface area contributed by atoms with E-state index in [1.54, 1.807) is 24.5 Å². The van der Waals surface area contributed by atoms with Gasteiger partial charge in [-0.3, -0.25) is 9.59 Å². The summed E-state index contributed by atoms with van der Waals surface area (Å²) in [4.78, 5) is 23.6. The van der Waals surface area contributed by atoms with Gasteiger partial charge in [-0.1, -0.05) is 17.7 Å². The van der Waals surface area contributed by atoms with Gasteiger partial charge < -0.3 is 15.1 Å². The van der Waals surface area contributed by atoms with Crippen molar-refractivity contribution in [2.75, 3.05) is 5.32 Å². The number of hydrogen-bond acceptors (Lipinski definition) is 3. The molecule has 0 aliphatic heterocycles. The van der Waals surface area contributed by atoms with Crippen molar-refractivity contribution in [1.29, 1.82) is 0 Å². The minimum absolute atomic E-state index is 0.188. The van der Waals surface area contributed by atoms with Crippen LogP contribution in [0.25, 0.3) is 0 Å². The van der Waals surface area contributed by atoms with Crippen LogP contribution in [0.5, 0.6) is 0 Å². The minimum Gasteiger partial charge on any atom is -0.469 e. The van der Waals surface area contributed by atoms with Gasteiger partial charge >= 0.3 is 11.8 Å². The van der Waals surface area contributed by atoms with E-state index in [0.717, 1.165) is 11.3 Å². The van der Waals surface area contributed by atoms with Crippen molar-refractivity contribution in [3.63, 3.8) is 0 Å². The molecule has 2 N–H and O–H groups in total. The molecule has 0 saturated heterocycles. The van der Waals surface area contributed by atoms with Crippen molar-refractivity contribution in [3.05, 3.63) is 54.0 Å². The van der Waals surface area contributed by atoms with E-state index in [0.29, 0.717) is 12.1 Å². The van der Waals surface area contributed by atoms with E-state index in [1.807, 2.05) is 32.0 Å². The zero-order valence-electron chi connectivity index (χ0n) is 12.1. The third-order valence-corrected chi connectivity index (χ3v) is 2.98. The first-order chi connectivity index (χ1) is 10.0. The molecular formula is C16H18N2O3. The summed E-state index contributed by atoms with van der Waals surface area (Å²) in [6, 6.07) is 10.7. The lowest BCUT2D eigenvalue weighted by molar-refractivity contribution is -0.136. The maximum atomic E-state index is 11.8. The molecule has 1 heterocycles. The number of hydrogen-bond donors (Lipinski definition) is 2. The monoisotopic (exact) mass is 286 g/mol. The van der Waals surface area contributed by atoms with Crippen LogP contribution < -0.4 is 10.6 Å². The lowest BCUT2D eigenvalue weighted by Crippen LogP contribution is -2.41. The van der Waals surface area contributed by atoms with Gasteiger partial charge in [0.1, 0.15) is 5.76 Å². The van der Waals surface area contributed by atoms with Crippen molar-refractivity contribution in [2.45, 2.75) is 26.3 Å². The van der Waals surface area contributed by atoms with Crippen LogP contribution in [0.2, 0.25) is 0 Å². The van der Waals surface area contributed by atoms with Crippen LogP contribution >= 0.6 is 0 Å². The highest BCUT2D eigenvalue weighted by atomic mass is 16.3. The Kier molecular flexibility index (Phi) is 4.77. The first-order valence-corrected chi connectivity index (χ1v) is 6.75. The van der Waals surface area contributed by atoms with Crippen LogP contribution in [0, 0.1) is 6.92 Å². The van der Waals surface area contributed by atoms with Gasteiger partial charge in [0.2, 0.25) is 0 Å². The molecule has 1 unspecified atom stereocenters. The minimum atomic E-state index is -0.676. The molecule has 2 rings (SSSR count). The lowest BCUT2D eigenvalue weighted by atomic mass is 10.2. The molecule has 0 aliphatic carbocycles. The average molecular weight is 286 g/mol. The SMILES string of the molecule is Cc1ccc(NC(=O)C(=O)NC(C)Cc2ccco2)cc1. The van der Waals surface area contributed by atoms with E-state index in [4.69, 9.17) is 4.42 Å². The maximum Gasteiger partial charge on any atom is 0.313 e. The largest absolute Gasteiger partial charge is 0.469 e. The Morgan fingerprint density at radius 2 is 1.86 bits per heavy atom. The molecule has 0 bridgehead atoms. The molecule has 5 nitrogen and oxygen atoms in total. The van der Waals surface area contributed by atoms with Crippen LogP contribution in [0.1, 0.15) is 18.2 Å². The second-order valence-corrected chi connectivity index (χ2v) is 4.98. The van der Waals surface area contributed by atoms with E-state index in [9.17, 15) is 9.59 Å². The molecule has 0 spiro atoms. The summed E-state index contributed by atoms with van der Waals surface area (Å²) in [6.45, 7) is 3.77. The normalized spacial score (nSPS) is 11.7. The molecule has 1 atom stereocenters. The van der Waals surface area contributed by atoms with Crippen LogP contribution in [0.15, 0.2) is 47.1 Å². The molecule has 2 amide bonds. The fourth-order valence-electron chi connectivity index (χ4n) is 1.90. The van der Waals surface area contributed by atoms with Gasteiger partial charge in [-0.25, -0.2) is 0 Å². The van der Waals surface area contributed by atoms with E-state index in [-0.39, 0.29) is 6.04 Å². The highest BCUT2D eigenvalue weighted by Crippen LogP contribution is 2.08. The topological polar surface area (TPSA) is 71.3 Å². The van der Waals surface area contributed by atoms with Crippen LogP contribution in [-0.2, 0) is 16.0 Å². The van der Waals surface area contributed by atoms with E-state index in [1.165, 1.54) is 0 Å². The Bertz CT molecular complexity index is 603. The summed E-state index contributed by atoms with van der Waals surface area (Å²) in [5.41, 5.74) is 1.68. The van der Waals surface area contributed by atoms with Crippen LogP contribution in [-0.4, -0.2) is 17.9 Å². The zero-order chi connectivity index (χ0) is 15.2. The molecular weight excluding hydrogens is 268 g/mol. The number of rotatable bonds is 4. The van der Waals surface area contributed by atoms with Crippen molar-refractivity contribution in [3.8, 4) is 0 Å². The maximum absolute atomic E-state index is 11.8. The first-order valence-electron chi connectivity index (χ1n) is 6.75. The third kappa shape index (κ3) is 4.49. The predicted octanol–water partition coefficient (Wildman–Crippen LogP) is 2.27. The standard InChI is InChI=1S/C16H18N2O3/c1-11-5-7-13(8-6-11)18-16(20)15(19)17-12(2)10-14-4-3-9-21-14/h3-9,12H,10H2,1-2H3,(H,17,19)(H,18,20). The Morgan fingerprint density at radius 1 is 1.14 bits per heavy atom. The molecule has 0 aliphatic rings. The molecule has 0 radical (unpaired) electrons. The fourth-order valence-corrected chi connectivity index (χ4v) is 1.90. The van der Waals surface area contributed by atoms with Crippen LogP contribution in [0.3, 0.4) is 0 Å². The lowest BCUT2D eigenvalue weighted by Gasteiger charge is -2.12. The van der Waals surface area contributed by atoms with Crippen molar-refractivity contribution < 1.29 is 14.0 Å². The van der Waals surface area contributed by atoms with Gasteiger partial charge in [0.05, 0.1) is 6.26 Å². The van der Waals surface area contributed by atoms with E-state index in [2.05, 4.69) is 10.6 Å². The third-order valence-electron chi connectivity index (χ3n) is 2.98. The van der Waals surface area contributed by atoms with Gasteiger partial charge in [-0.2, -0.15) is 0 Å². The van der Waals surface area contributed by atoms with Gasteiger partial charge in [-0.05, 0) is 38.1 Å². The Labute approximate surface area is 123 Å². The van der Waals surface area contributed by atoms with E-state index < -0.39 is 11.8 Å². The molecule has 110 valence electrons. The Morgan fingerprint density at radius 3 is 2.48 bits per heavy atom. The summed E-state index contributed by atoms with van der Waals surface area (Å²) in [7, 11) is 0. The molecule has 2 aromatic rings. The second-order valence-electron chi connectivity index (χ2n) is 4.98.